The van der Waals surface area contributed by atoms with E-state index in [9.17, 15) is 0 Å². The maximum atomic E-state index is 6.42. The minimum atomic E-state index is 0. The zero-order valence-electron chi connectivity index (χ0n) is 17.3. The fourth-order valence-corrected chi connectivity index (χ4v) is 3.82. The third-order valence-corrected chi connectivity index (χ3v) is 5.51. The summed E-state index contributed by atoms with van der Waals surface area (Å²) in [6, 6.07) is 10.9. The first kappa shape index (κ1) is 25.0. The van der Waals surface area contributed by atoms with Crippen molar-refractivity contribution in [1.29, 1.82) is 0 Å². The summed E-state index contributed by atoms with van der Waals surface area (Å²) in [6.45, 7) is 10.2. The van der Waals surface area contributed by atoms with Crippen LogP contribution in [-0.2, 0) is 0 Å². The molecule has 1 aromatic heterocycles. The molecule has 0 spiro atoms. The zero-order valence-corrected chi connectivity index (χ0v) is 20.6. The highest BCUT2D eigenvalue weighted by Gasteiger charge is 2.18. The summed E-state index contributed by atoms with van der Waals surface area (Å²) in [5.74, 6) is 1.05. The maximum Gasteiger partial charge on any atom is 0.234 e. The van der Waals surface area contributed by atoms with Crippen molar-refractivity contribution in [2.24, 2.45) is 0 Å². The van der Waals surface area contributed by atoms with E-state index in [1.54, 1.807) is 0 Å². The van der Waals surface area contributed by atoms with Gasteiger partial charge in [0.2, 0.25) is 11.8 Å². The summed E-state index contributed by atoms with van der Waals surface area (Å²) < 4.78 is 6.04. The van der Waals surface area contributed by atoms with Gasteiger partial charge in [-0.3, -0.25) is 4.90 Å². The smallest absolute Gasteiger partial charge is 0.234 e. The summed E-state index contributed by atoms with van der Waals surface area (Å²) in [7, 11) is 1.92. The van der Waals surface area contributed by atoms with Gasteiger partial charge in [0.1, 0.15) is 11.5 Å². The Morgan fingerprint density at radius 1 is 1.07 bits per heavy atom. The molecule has 0 amide bonds. The highest BCUT2D eigenvalue weighted by molar-refractivity contribution is 8.93. The molecule has 0 aliphatic rings. The molecular weight excluding hydrogens is 460 g/mol. The van der Waals surface area contributed by atoms with Gasteiger partial charge in [0.15, 0.2) is 5.15 Å². The summed E-state index contributed by atoms with van der Waals surface area (Å²) >= 11 is 7.92. The van der Waals surface area contributed by atoms with Gasteiger partial charge in [-0.25, -0.2) is 0 Å². The van der Waals surface area contributed by atoms with Gasteiger partial charge in [0.05, 0.1) is 0 Å². The first-order valence-electron chi connectivity index (χ1n) is 9.14. The number of nitrogens with zero attached hydrogens (tertiary/aromatic N) is 4. The van der Waals surface area contributed by atoms with Crippen LogP contribution in [-0.4, -0.2) is 53.4 Å². The highest BCUT2D eigenvalue weighted by Crippen LogP contribution is 2.34. The van der Waals surface area contributed by atoms with E-state index in [1.165, 1.54) is 11.8 Å². The largest absolute Gasteiger partial charge is 0.475 e. The Kier molecular flexibility index (Phi) is 10.6. The quantitative estimate of drug-likeness (QED) is 0.333. The van der Waals surface area contributed by atoms with Crippen LogP contribution < -0.4 is 9.64 Å². The van der Waals surface area contributed by atoms with Crippen molar-refractivity contribution in [2.45, 2.75) is 44.7 Å². The van der Waals surface area contributed by atoms with Crippen molar-refractivity contribution in [3.8, 4) is 5.88 Å². The molecule has 0 bridgehead atoms. The number of halogens is 2. The lowest BCUT2D eigenvalue weighted by atomic mass is 10.2. The van der Waals surface area contributed by atoms with Gasteiger partial charge in [0, 0.05) is 31.4 Å². The molecule has 0 atom stereocenters. The van der Waals surface area contributed by atoms with Crippen molar-refractivity contribution in [3.63, 3.8) is 0 Å². The van der Waals surface area contributed by atoms with Crippen molar-refractivity contribution in [1.82, 2.24) is 14.9 Å². The van der Waals surface area contributed by atoms with Gasteiger partial charge >= 0.3 is 0 Å². The summed E-state index contributed by atoms with van der Waals surface area (Å²) in [5, 5.41) is 0.412. The molecule has 0 saturated heterocycles. The lowest BCUT2D eigenvalue weighted by Crippen LogP contribution is -2.39. The molecule has 0 fully saturated rings. The molecule has 156 valence electrons. The Labute approximate surface area is 188 Å². The highest BCUT2D eigenvalue weighted by atomic mass is 79.9. The monoisotopic (exact) mass is 488 g/mol. The van der Waals surface area contributed by atoms with Crippen LogP contribution in [0.4, 0.5) is 11.6 Å². The average Bonchev–Trinajstić information content (AvgIpc) is 2.64. The molecule has 0 unspecified atom stereocenters. The van der Waals surface area contributed by atoms with E-state index in [0.29, 0.717) is 35.7 Å². The van der Waals surface area contributed by atoms with Gasteiger partial charge in [-0.2, -0.15) is 9.97 Å². The fraction of sp³-hybridized carbons (Fsp3) is 0.500. The van der Waals surface area contributed by atoms with E-state index in [-0.39, 0.29) is 17.0 Å². The number of hydrogen-bond donors (Lipinski definition) is 0. The Hall–Kier alpha value is -1.02. The third-order valence-electron chi connectivity index (χ3n) is 4.34. The lowest BCUT2D eigenvalue weighted by molar-refractivity contribution is 0.139. The van der Waals surface area contributed by atoms with Crippen LogP contribution in [0.1, 0.15) is 27.7 Å². The zero-order chi connectivity index (χ0) is 20.0. The summed E-state index contributed by atoms with van der Waals surface area (Å²) in [4.78, 5) is 14.1. The Bertz CT molecular complexity index is 726. The number of para-hydroxylation sites is 1. The molecule has 0 N–H and O–H groups in total. The van der Waals surface area contributed by atoms with E-state index >= 15 is 0 Å². The molecule has 28 heavy (non-hydrogen) atoms. The number of aromatic nitrogens is 2. The molecule has 1 heterocycles. The first-order chi connectivity index (χ1) is 12.8. The lowest BCUT2D eigenvalue weighted by Gasteiger charge is -2.30. The third kappa shape index (κ3) is 6.51. The van der Waals surface area contributed by atoms with E-state index in [4.69, 9.17) is 16.3 Å². The molecule has 2 aromatic rings. The molecule has 0 aliphatic heterocycles. The standard InChI is InChI=1S/C20H29ClN4OS.BrH/c1-14(2)25(15(3)4)12-13-26-19-17(27-6)18(21)22-20(23-19)24(5)16-10-8-7-9-11-16;/h7-11,14-15H,12-13H2,1-6H3;1H. The number of thioether (sulfide) groups is 1. The Morgan fingerprint density at radius 2 is 1.68 bits per heavy atom. The van der Waals surface area contributed by atoms with Crippen LogP contribution in [0, 0.1) is 0 Å². The molecule has 0 saturated carbocycles. The van der Waals surface area contributed by atoms with E-state index in [1.807, 2.05) is 48.5 Å². The van der Waals surface area contributed by atoms with E-state index < -0.39 is 0 Å². The summed E-state index contributed by atoms with van der Waals surface area (Å²) in [5.41, 5.74) is 0.988. The van der Waals surface area contributed by atoms with Crippen LogP contribution in [0.15, 0.2) is 35.2 Å². The Morgan fingerprint density at radius 3 is 2.21 bits per heavy atom. The van der Waals surface area contributed by atoms with Gasteiger partial charge < -0.3 is 9.64 Å². The van der Waals surface area contributed by atoms with E-state index in [0.717, 1.165) is 17.1 Å². The van der Waals surface area contributed by atoms with E-state index in [2.05, 4.69) is 42.6 Å². The molecule has 8 heteroatoms. The number of rotatable bonds is 9. The second-order valence-electron chi connectivity index (χ2n) is 6.82. The predicted molar refractivity (Wildman–Crippen MR) is 126 cm³/mol. The van der Waals surface area contributed by atoms with Crippen LogP contribution in [0.5, 0.6) is 5.88 Å². The van der Waals surface area contributed by atoms with Crippen LogP contribution >= 0.6 is 40.3 Å². The Balaban J connectivity index is 0.00000392. The minimum absolute atomic E-state index is 0. The van der Waals surface area contributed by atoms with Crippen molar-refractivity contribution in [3.05, 3.63) is 35.5 Å². The van der Waals surface area contributed by atoms with Crippen LogP contribution in [0.2, 0.25) is 5.15 Å². The van der Waals surface area contributed by atoms with Gasteiger partial charge in [-0.1, -0.05) is 29.8 Å². The SMILES string of the molecule is Br.CSc1c(Cl)nc(N(C)c2ccccc2)nc1OCCN(C(C)C)C(C)C. The molecule has 0 radical (unpaired) electrons. The van der Waals surface area contributed by atoms with Crippen molar-refractivity contribution < 1.29 is 4.74 Å². The normalized spacial score (nSPS) is 11.1. The summed E-state index contributed by atoms with van der Waals surface area (Å²) in [6.07, 6.45) is 1.95. The van der Waals surface area contributed by atoms with Gasteiger partial charge in [-0.15, -0.1) is 28.7 Å². The molecule has 1 aromatic carbocycles. The second-order valence-corrected chi connectivity index (χ2v) is 8.00. The molecule has 2 rings (SSSR count). The second kappa shape index (κ2) is 11.9. The molecule has 5 nitrogen and oxygen atoms in total. The predicted octanol–water partition coefficient (Wildman–Crippen LogP) is 5.70. The first-order valence-corrected chi connectivity index (χ1v) is 10.7. The maximum absolute atomic E-state index is 6.42. The van der Waals surface area contributed by atoms with Crippen molar-refractivity contribution in [2.75, 3.05) is 31.4 Å². The fourth-order valence-electron chi connectivity index (χ4n) is 2.94. The van der Waals surface area contributed by atoms with Gasteiger partial charge in [0.25, 0.3) is 0 Å². The van der Waals surface area contributed by atoms with Crippen molar-refractivity contribution >= 4 is 52.0 Å². The number of ether oxygens (including phenoxy) is 1. The van der Waals surface area contributed by atoms with Gasteiger partial charge in [-0.05, 0) is 46.1 Å². The molecule has 0 aliphatic carbocycles. The number of hydrogen-bond acceptors (Lipinski definition) is 6. The topological polar surface area (TPSA) is 41.5 Å². The minimum Gasteiger partial charge on any atom is -0.475 e. The molecular formula is C20H30BrClN4OS. The number of benzene rings is 1. The van der Waals surface area contributed by atoms with Crippen LogP contribution in [0.3, 0.4) is 0 Å². The number of anilines is 2. The average molecular weight is 490 g/mol. The van der Waals surface area contributed by atoms with Crippen LogP contribution in [0.25, 0.3) is 0 Å².